The van der Waals surface area contributed by atoms with Gasteiger partial charge in [-0.3, -0.25) is 0 Å². The molecule has 0 saturated heterocycles. The molecule has 1 atom stereocenters. The van der Waals surface area contributed by atoms with Crippen LogP contribution in [0.15, 0.2) is 28.1 Å². The minimum atomic E-state index is -0.0166. The number of hydrogen-bond donors (Lipinski definition) is 1. The van der Waals surface area contributed by atoms with Gasteiger partial charge in [-0.05, 0) is 46.6 Å². The first-order valence-electron chi connectivity index (χ1n) is 6.36. The molecule has 2 rings (SSSR count). The first-order chi connectivity index (χ1) is 10.2. The van der Waals surface area contributed by atoms with Crippen molar-refractivity contribution in [1.82, 2.24) is 5.32 Å². The van der Waals surface area contributed by atoms with Crippen LogP contribution in [0.4, 0.5) is 0 Å². The molecule has 0 bridgehead atoms. The minimum Gasteiger partial charge on any atom is -0.496 e. The van der Waals surface area contributed by atoms with Gasteiger partial charge in [0.1, 0.15) is 21.7 Å². The molecule has 0 aliphatic rings. The summed E-state index contributed by atoms with van der Waals surface area (Å²) in [5.74, 6) is 2.36. The van der Waals surface area contributed by atoms with Crippen molar-refractivity contribution in [1.29, 1.82) is 0 Å². The third kappa shape index (κ3) is 3.02. The molecule has 0 amide bonds. The van der Waals surface area contributed by atoms with Gasteiger partial charge in [-0.15, -0.1) is 11.3 Å². The smallest absolute Gasteiger partial charge is 0.141 e. The quantitative estimate of drug-likeness (QED) is 0.836. The second kappa shape index (κ2) is 7.15. The van der Waals surface area contributed by atoms with Gasteiger partial charge in [0.05, 0.1) is 32.2 Å². The van der Waals surface area contributed by atoms with Crippen LogP contribution >= 0.6 is 27.3 Å². The third-order valence-electron chi connectivity index (χ3n) is 3.26. The molecule has 0 radical (unpaired) electrons. The third-order valence-corrected chi connectivity index (χ3v) is 4.97. The van der Waals surface area contributed by atoms with Crippen molar-refractivity contribution < 1.29 is 14.2 Å². The Labute approximate surface area is 137 Å². The highest BCUT2D eigenvalue weighted by atomic mass is 79.9. The Kier molecular flexibility index (Phi) is 5.50. The van der Waals surface area contributed by atoms with E-state index in [0.29, 0.717) is 0 Å². The highest BCUT2D eigenvalue weighted by Gasteiger charge is 2.24. The van der Waals surface area contributed by atoms with E-state index in [-0.39, 0.29) is 6.04 Å². The van der Waals surface area contributed by atoms with Crippen LogP contribution in [-0.2, 0) is 0 Å². The predicted molar refractivity (Wildman–Crippen MR) is 89.0 cm³/mol. The molecule has 0 aliphatic carbocycles. The van der Waals surface area contributed by atoms with E-state index in [9.17, 15) is 0 Å². The molecule has 1 aromatic carbocycles. The molecule has 114 valence electrons. The highest BCUT2D eigenvalue weighted by molar-refractivity contribution is 9.10. The summed E-state index contributed by atoms with van der Waals surface area (Å²) < 4.78 is 17.1. The van der Waals surface area contributed by atoms with Crippen LogP contribution in [0.3, 0.4) is 0 Å². The van der Waals surface area contributed by atoms with Gasteiger partial charge in [-0.25, -0.2) is 0 Å². The molecule has 6 heteroatoms. The lowest BCUT2D eigenvalue weighted by Crippen LogP contribution is -2.18. The van der Waals surface area contributed by atoms with E-state index in [2.05, 4.69) is 21.2 Å². The van der Waals surface area contributed by atoms with E-state index in [1.807, 2.05) is 30.6 Å². The molecule has 21 heavy (non-hydrogen) atoms. The number of hydrogen-bond acceptors (Lipinski definition) is 5. The Hall–Kier alpha value is -1.24. The van der Waals surface area contributed by atoms with Gasteiger partial charge in [-0.2, -0.15) is 0 Å². The maximum atomic E-state index is 5.57. The molecule has 0 spiro atoms. The summed E-state index contributed by atoms with van der Waals surface area (Å²) in [5.41, 5.74) is 1.02. The normalized spacial score (nSPS) is 12.0. The topological polar surface area (TPSA) is 39.7 Å². The Balaban J connectivity index is 2.55. The number of halogens is 1. The highest BCUT2D eigenvalue weighted by Crippen LogP contribution is 2.43. The number of methoxy groups -OCH3 is 3. The molecule has 0 fully saturated rings. The van der Waals surface area contributed by atoms with E-state index in [1.165, 1.54) is 0 Å². The standard InChI is InChI=1S/C15H18BrNO3S/c1-17-13(15-11(19-3)7-8-21-15)9-5-6-10(18-2)12(16)14(9)20-4/h5-8,13,17H,1-4H3. The minimum absolute atomic E-state index is 0.0166. The molecule has 1 unspecified atom stereocenters. The Bertz CT molecular complexity index is 615. The first-order valence-corrected chi connectivity index (χ1v) is 8.04. The molecule has 1 N–H and O–H groups in total. The summed E-state index contributed by atoms with van der Waals surface area (Å²) in [6.07, 6.45) is 0. The van der Waals surface area contributed by atoms with Crippen molar-refractivity contribution in [3.63, 3.8) is 0 Å². The molecular weight excluding hydrogens is 354 g/mol. The van der Waals surface area contributed by atoms with Crippen LogP contribution < -0.4 is 19.5 Å². The summed E-state index contributed by atoms with van der Waals surface area (Å²) in [4.78, 5) is 1.11. The summed E-state index contributed by atoms with van der Waals surface area (Å²) in [5, 5.41) is 5.34. The SMILES string of the molecule is CNC(c1ccc(OC)c(Br)c1OC)c1sccc1OC. The van der Waals surface area contributed by atoms with Gasteiger partial charge in [0.15, 0.2) is 0 Å². The molecule has 4 nitrogen and oxygen atoms in total. The number of ether oxygens (including phenoxy) is 3. The van der Waals surface area contributed by atoms with Crippen LogP contribution in [0.2, 0.25) is 0 Å². The average Bonchev–Trinajstić information content (AvgIpc) is 2.97. The van der Waals surface area contributed by atoms with Gasteiger partial charge in [0.2, 0.25) is 0 Å². The van der Waals surface area contributed by atoms with Crippen molar-refractivity contribution in [3.05, 3.63) is 38.5 Å². The van der Waals surface area contributed by atoms with Crippen LogP contribution in [0.1, 0.15) is 16.5 Å². The monoisotopic (exact) mass is 371 g/mol. The van der Waals surface area contributed by atoms with Crippen LogP contribution in [0, 0.1) is 0 Å². The van der Waals surface area contributed by atoms with Crippen molar-refractivity contribution >= 4 is 27.3 Å². The van der Waals surface area contributed by atoms with Gasteiger partial charge < -0.3 is 19.5 Å². The second-order valence-corrected chi connectivity index (χ2v) is 6.02. The summed E-state index contributed by atoms with van der Waals surface area (Å²) in [6.45, 7) is 0. The van der Waals surface area contributed by atoms with Gasteiger partial charge in [0.25, 0.3) is 0 Å². The zero-order valence-corrected chi connectivity index (χ0v) is 14.8. The van der Waals surface area contributed by atoms with Gasteiger partial charge in [0, 0.05) is 5.56 Å². The number of rotatable bonds is 6. The van der Waals surface area contributed by atoms with E-state index < -0.39 is 0 Å². The molecule has 2 aromatic rings. The summed E-state index contributed by atoms with van der Waals surface area (Å²) in [7, 11) is 6.89. The number of benzene rings is 1. The van der Waals surface area contributed by atoms with E-state index in [0.717, 1.165) is 32.2 Å². The van der Waals surface area contributed by atoms with Crippen molar-refractivity contribution in [2.45, 2.75) is 6.04 Å². The van der Waals surface area contributed by atoms with Crippen LogP contribution in [-0.4, -0.2) is 28.4 Å². The lowest BCUT2D eigenvalue weighted by molar-refractivity contribution is 0.382. The molecule has 0 aliphatic heterocycles. The zero-order chi connectivity index (χ0) is 15.4. The Morgan fingerprint density at radius 3 is 2.33 bits per heavy atom. The maximum Gasteiger partial charge on any atom is 0.141 e. The van der Waals surface area contributed by atoms with E-state index in [4.69, 9.17) is 14.2 Å². The predicted octanol–water partition coefficient (Wildman–Crippen LogP) is 3.85. The van der Waals surface area contributed by atoms with Crippen LogP contribution in [0.5, 0.6) is 17.2 Å². The Morgan fingerprint density at radius 1 is 1.05 bits per heavy atom. The van der Waals surface area contributed by atoms with Crippen molar-refractivity contribution in [2.75, 3.05) is 28.4 Å². The van der Waals surface area contributed by atoms with Crippen LogP contribution in [0.25, 0.3) is 0 Å². The van der Waals surface area contributed by atoms with Crippen molar-refractivity contribution in [3.8, 4) is 17.2 Å². The van der Waals surface area contributed by atoms with Crippen molar-refractivity contribution in [2.24, 2.45) is 0 Å². The molecular formula is C15H18BrNO3S. The average molecular weight is 372 g/mol. The number of thiophene rings is 1. The number of nitrogens with one attached hydrogen (secondary N) is 1. The summed E-state index contributed by atoms with van der Waals surface area (Å²) >= 11 is 5.19. The molecule has 1 heterocycles. The Morgan fingerprint density at radius 2 is 1.76 bits per heavy atom. The summed E-state index contributed by atoms with van der Waals surface area (Å²) in [6, 6.07) is 5.88. The molecule has 1 aromatic heterocycles. The zero-order valence-electron chi connectivity index (χ0n) is 12.4. The lowest BCUT2D eigenvalue weighted by Gasteiger charge is -2.21. The van der Waals surface area contributed by atoms with Gasteiger partial charge >= 0.3 is 0 Å². The lowest BCUT2D eigenvalue weighted by atomic mass is 10.0. The fourth-order valence-corrected chi connectivity index (χ4v) is 3.93. The fraction of sp³-hybridized carbons (Fsp3) is 0.333. The van der Waals surface area contributed by atoms with E-state index in [1.54, 1.807) is 32.7 Å². The molecule has 0 saturated carbocycles. The van der Waals surface area contributed by atoms with Gasteiger partial charge in [-0.1, -0.05) is 0 Å². The second-order valence-electron chi connectivity index (χ2n) is 4.28. The van der Waals surface area contributed by atoms with E-state index >= 15 is 0 Å². The first kappa shape index (κ1) is 16.1. The fourth-order valence-electron chi connectivity index (χ4n) is 2.26. The maximum absolute atomic E-state index is 5.57. The largest absolute Gasteiger partial charge is 0.496 e.